The fraction of sp³-hybridized carbons (Fsp3) is 0.562. The van der Waals surface area contributed by atoms with Crippen LogP contribution in [-0.2, 0) is 11.2 Å². The number of aryl methyl sites for hydroxylation is 1. The van der Waals surface area contributed by atoms with Gasteiger partial charge in [0.2, 0.25) is 5.91 Å². The molecule has 1 N–H and O–H groups in total. The lowest BCUT2D eigenvalue weighted by molar-refractivity contribution is -0.118. The minimum Gasteiger partial charge on any atom is -0.388 e. The maximum absolute atomic E-state index is 11.7. The summed E-state index contributed by atoms with van der Waals surface area (Å²) in [7, 11) is 1.83. The molecule has 102 valence electrons. The summed E-state index contributed by atoms with van der Waals surface area (Å²) in [5, 5.41) is 10.5. The highest BCUT2D eigenvalue weighted by atomic mass is 16.3. The molecule has 19 heavy (non-hydrogen) atoms. The largest absolute Gasteiger partial charge is 0.388 e. The molecule has 3 rings (SSSR count). The first-order valence-electron chi connectivity index (χ1n) is 7.24. The SMILES string of the molecule is CN1C(=O)CCc2cc(C(O)C3CCCC3)ccc21. The van der Waals surface area contributed by atoms with Crippen molar-refractivity contribution in [3.05, 3.63) is 29.3 Å². The van der Waals surface area contributed by atoms with Gasteiger partial charge in [-0.15, -0.1) is 0 Å². The number of hydrogen-bond donors (Lipinski definition) is 1. The summed E-state index contributed by atoms with van der Waals surface area (Å²) in [5.74, 6) is 0.595. The van der Waals surface area contributed by atoms with Gasteiger partial charge in [0.05, 0.1) is 6.10 Å². The Kier molecular flexibility index (Phi) is 3.31. The molecule has 1 aromatic carbocycles. The molecule has 0 spiro atoms. The van der Waals surface area contributed by atoms with E-state index in [0.717, 1.165) is 30.5 Å². The van der Waals surface area contributed by atoms with Crippen molar-refractivity contribution >= 4 is 11.6 Å². The lowest BCUT2D eigenvalue weighted by Crippen LogP contribution is -2.31. The van der Waals surface area contributed by atoms with Crippen molar-refractivity contribution in [2.24, 2.45) is 5.92 Å². The summed E-state index contributed by atoms with van der Waals surface area (Å²) in [5.41, 5.74) is 3.21. The summed E-state index contributed by atoms with van der Waals surface area (Å²) >= 11 is 0. The van der Waals surface area contributed by atoms with E-state index < -0.39 is 0 Å². The van der Waals surface area contributed by atoms with E-state index in [9.17, 15) is 9.90 Å². The first-order valence-corrected chi connectivity index (χ1v) is 7.24. The van der Waals surface area contributed by atoms with E-state index in [1.807, 2.05) is 19.2 Å². The molecule has 2 aliphatic rings. The summed E-state index contributed by atoms with van der Waals surface area (Å²) in [6.45, 7) is 0. The highest BCUT2D eigenvalue weighted by Gasteiger charge is 2.26. The molecule has 3 nitrogen and oxygen atoms in total. The zero-order chi connectivity index (χ0) is 13.4. The molecule has 1 atom stereocenters. The second-order valence-electron chi connectivity index (χ2n) is 5.83. The number of rotatable bonds is 2. The smallest absolute Gasteiger partial charge is 0.227 e. The van der Waals surface area contributed by atoms with Crippen LogP contribution in [0.15, 0.2) is 18.2 Å². The van der Waals surface area contributed by atoms with E-state index >= 15 is 0 Å². The van der Waals surface area contributed by atoms with Crippen LogP contribution in [-0.4, -0.2) is 18.1 Å². The van der Waals surface area contributed by atoms with Crippen LogP contribution < -0.4 is 4.90 Å². The molecule has 1 saturated carbocycles. The van der Waals surface area contributed by atoms with Crippen molar-refractivity contribution in [3.8, 4) is 0 Å². The number of fused-ring (bicyclic) bond motifs is 1. The third-order valence-corrected chi connectivity index (χ3v) is 4.64. The minimum atomic E-state index is -0.337. The van der Waals surface area contributed by atoms with Crippen molar-refractivity contribution in [3.63, 3.8) is 0 Å². The zero-order valence-corrected chi connectivity index (χ0v) is 11.4. The Bertz CT molecular complexity index is 492. The summed E-state index contributed by atoms with van der Waals surface area (Å²) in [6, 6.07) is 6.07. The minimum absolute atomic E-state index is 0.177. The van der Waals surface area contributed by atoms with Gasteiger partial charge in [0.15, 0.2) is 0 Å². The number of amides is 1. The monoisotopic (exact) mass is 259 g/mol. The third-order valence-electron chi connectivity index (χ3n) is 4.64. The molecule has 0 saturated heterocycles. The number of benzene rings is 1. The highest BCUT2D eigenvalue weighted by Crippen LogP contribution is 2.37. The normalized spacial score (nSPS) is 21.6. The Morgan fingerprint density at radius 2 is 2.00 bits per heavy atom. The van der Waals surface area contributed by atoms with Crippen LogP contribution in [0.1, 0.15) is 49.3 Å². The molecule has 1 aliphatic carbocycles. The predicted octanol–water partition coefficient (Wildman–Crippen LogP) is 2.82. The van der Waals surface area contributed by atoms with E-state index in [1.54, 1.807) is 4.90 Å². The van der Waals surface area contributed by atoms with Gasteiger partial charge >= 0.3 is 0 Å². The van der Waals surface area contributed by atoms with Gasteiger partial charge in [-0.3, -0.25) is 4.79 Å². The second-order valence-corrected chi connectivity index (χ2v) is 5.83. The van der Waals surface area contributed by atoms with Crippen LogP contribution >= 0.6 is 0 Å². The zero-order valence-electron chi connectivity index (χ0n) is 11.4. The highest BCUT2D eigenvalue weighted by molar-refractivity contribution is 5.95. The predicted molar refractivity (Wildman–Crippen MR) is 75.1 cm³/mol. The number of aliphatic hydroxyl groups is 1. The first kappa shape index (κ1) is 12.7. The third kappa shape index (κ3) is 2.27. The first-order chi connectivity index (χ1) is 9.16. The van der Waals surface area contributed by atoms with E-state index in [2.05, 4.69) is 6.07 Å². The second kappa shape index (κ2) is 4.97. The van der Waals surface area contributed by atoms with Gasteiger partial charge in [0.25, 0.3) is 0 Å². The average Bonchev–Trinajstić information content (AvgIpc) is 2.96. The van der Waals surface area contributed by atoms with E-state index in [0.29, 0.717) is 12.3 Å². The quantitative estimate of drug-likeness (QED) is 0.887. The standard InChI is InChI=1S/C16H21NO2/c1-17-14-8-6-13(10-12(14)7-9-15(17)18)16(19)11-4-2-3-5-11/h6,8,10-11,16,19H,2-5,7,9H2,1H3. The molecule has 3 heteroatoms. The van der Waals surface area contributed by atoms with Gasteiger partial charge < -0.3 is 10.0 Å². The Balaban J connectivity index is 1.87. The number of nitrogens with zero attached hydrogens (tertiary/aromatic N) is 1. The van der Waals surface area contributed by atoms with E-state index in [1.165, 1.54) is 18.4 Å². The van der Waals surface area contributed by atoms with Crippen molar-refractivity contribution in [2.45, 2.75) is 44.6 Å². The molecule has 1 amide bonds. The van der Waals surface area contributed by atoms with Crippen molar-refractivity contribution in [1.29, 1.82) is 0 Å². The topological polar surface area (TPSA) is 40.5 Å². The molecule has 1 aromatic rings. The molecule has 1 heterocycles. The maximum Gasteiger partial charge on any atom is 0.227 e. The molecule has 0 aromatic heterocycles. The molecular weight excluding hydrogens is 238 g/mol. The maximum atomic E-state index is 11.7. The van der Waals surface area contributed by atoms with Gasteiger partial charge in [-0.2, -0.15) is 0 Å². The Labute approximate surface area is 114 Å². The Morgan fingerprint density at radius 1 is 1.26 bits per heavy atom. The van der Waals surface area contributed by atoms with Crippen molar-refractivity contribution in [2.75, 3.05) is 11.9 Å². The van der Waals surface area contributed by atoms with Crippen LogP contribution in [0.25, 0.3) is 0 Å². The van der Waals surface area contributed by atoms with E-state index in [4.69, 9.17) is 0 Å². The fourth-order valence-electron chi connectivity index (χ4n) is 3.41. The fourth-order valence-corrected chi connectivity index (χ4v) is 3.41. The summed E-state index contributed by atoms with van der Waals surface area (Å²) in [6.07, 6.45) is 5.79. The van der Waals surface area contributed by atoms with Gasteiger partial charge in [-0.05, 0) is 42.4 Å². The van der Waals surface area contributed by atoms with Crippen LogP contribution in [0.2, 0.25) is 0 Å². The number of aliphatic hydroxyl groups excluding tert-OH is 1. The molecule has 0 radical (unpaired) electrons. The average molecular weight is 259 g/mol. The Morgan fingerprint density at radius 3 is 2.74 bits per heavy atom. The number of carbonyl (C=O) groups is 1. The number of carbonyl (C=O) groups excluding carboxylic acids is 1. The van der Waals surface area contributed by atoms with Gasteiger partial charge in [-0.25, -0.2) is 0 Å². The van der Waals surface area contributed by atoms with Crippen LogP contribution in [0.3, 0.4) is 0 Å². The number of hydrogen-bond acceptors (Lipinski definition) is 2. The van der Waals surface area contributed by atoms with E-state index in [-0.39, 0.29) is 12.0 Å². The van der Waals surface area contributed by atoms with Crippen LogP contribution in [0.4, 0.5) is 5.69 Å². The van der Waals surface area contributed by atoms with Crippen molar-refractivity contribution < 1.29 is 9.90 Å². The van der Waals surface area contributed by atoms with Gasteiger partial charge in [-0.1, -0.05) is 25.0 Å². The molecule has 1 unspecified atom stereocenters. The molecular formula is C16H21NO2. The van der Waals surface area contributed by atoms with Crippen LogP contribution in [0, 0.1) is 5.92 Å². The lowest BCUT2D eigenvalue weighted by Gasteiger charge is -2.27. The molecule has 1 aliphatic heterocycles. The molecule has 0 bridgehead atoms. The molecule has 1 fully saturated rings. The summed E-state index contributed by atoms with van der Waals surface area (Å²) < 4.78 is 0. The van der Waals surface area contributed by atoms with Crippen molar-refractivity contribution in [1.82, 2.24) is 0 Å². The van der Waals surface area contributed by atoms with Crippen LogP contribution in [0.5, 0.6) is 0 Å². The van der Waals surface area contributed by atoms with Gasteiger partial charge in [0, 0.05) is 19.2 Å². The van der Waals surface area contributed by atoms with Gasteiger partial charge in [0.1, 0.15) is 0 Å². The number of anilines is 1. The Hall–Kier alpha value is -1.35. The lowest BCUT2D eigenvalue weighted by atomic mass is 9.91. The summed E-state index contributed by atoms with van der Waals surface area (Å²) in [4.78, 5) is 13.4.